The van der Waals surface area contributed by atoms with Gasteiger partial charge in [-0.1, -0.05) is 262 Å². The molecule has 0 spiro atoms. The molecule has 0 saturated heterocycles. The molecule has 9 nitrogen and oxygen atoms in total. The number of allylic oxidation sites excluding steroid dienone is 24. The molecule has 1 N–H and O–H groups in total. The van der Waals surface area contributed by atoms with E-state index in [0.717, 1.165) is 122 Å². The van der Waals surface area contributed by atoms with Crippen molar-refractivity contribution in [3.05, 3.63) is 146 Å². The van der Waals surface area contributed by atoms with E-state index < -0.39 is 26.5 Å². The molecule has 0 aromatic rings. The molecule has 2 unspecified atom stereocenters. The van der Waals surface area contributed by atoms with Crippen LogP contribution < -0.4 is 0 Å². The normalized spacial score (nSPS) is 14.2. The van der Waals surface area contributed by atoms with Gasteiger partial charge in [0.2, 0.25) is 0 Å². The van der Waals surface area contributed by atoms with E-state index in [2.05, 4.69) is 160 Å². The third kappa shape index (κ3) is 65.0. The van der Waals surface area contributed by atoms with Crippen LogP contribution in [0.1, 0.15) is 245 Å². The Labute approximate surface area is 503 Å². The molecule has 0 aliphatic rings. The second-order valence-corrected chi connectivity index (χ2v) is 23.8. The monoisotopic (exact) mass is 1160 g/mol. The van der Waals surface area contributed by atoms with E-state index in [9.17, 15) is 19.0 Å². The van der Waals surface area contributed by atoms with Gasteiger partial charge in [0.05, 0.1) is 27.7 Å². The molecule has 0 saturated carbocycles. The maximum absolute atomic E-state index is 12.9. The Bertz CT molecular complexity index is 1890. The number of carbonyl (C=O) groups excluding carboxylic acids is 2. The number of hydrogen-bond acceptors (Lipinski definition) is 7. The Hall–Kier alpha value is -4.11. The van der Waals surface area contributed by atoms with E-state index in [4.69, 9.17) is 18.5 Å². The van der Waals surface area contributed by atoms with Crippen molar-refractivity contribution < 1.29 is 42.1 Å². The lowest BCUT2D eigenvalue weighted by atomic mass is 10.0. The van der Waals surface area contributed by atoms with Gasteiger partial charge in [-0.2, -0.15) is 0 Å². The van der Waals surface area contributed by atoms with Gasteiger partial charge in [-0.05, 0) is 116 Å². The maximum atomic E-state index is 12.9. The van der Waals surface area contributed by atoms with E-state index in [1.165, 1.54) is 89.9 Å². The zero-order chi connectivity index (χ0) is 59.8. The van der Waals surface area contributed by atoms with Gasteiger partial charge < -0.3 is 18.9 Å². The van der Waals surface area contributed by atoms with Crippen LogP contribution in [0.15, 0.2) is 146 Å². The fourth-order valence-electron chi connectivity index (χ4n) is 8.43. The fraction of sp³-hybridized carbons (Fsp3) is 0.639. The number of nitrogens with zero attached hydrogens (tertiary/aromatic N) is 1. The molecule has 0 aromatic carbocycles. The lowest BCUT2D eigenvalue weighted by Crippen LogP contribution is -2.37. The highest BCUT2D eigenvalue weighted by Crippen LogP contribution is 2.43. The minimum Gasteiger partial charge on any atom is -0.462 e. The molecule has 0 bridgehead atoms. The molecule has 0 fully saturated rings. The third-order valence-electron chi connectivity index (χ3n) is 13.4. The number of ether oxygens (including phenoxy) is 2. The van der Waals surface area contributed by atoms with Crippen LogP contribution >= 0.6 is 7.82 Å². The molecule has 0 aromatic heterocycles. The molecule has 0 aliphatic carbocycles. The Kier molecular flexibility index (Phi) is 58.4. The molecule has 0 aliphatic heterocycles. The number of rotatable bonds is 58. The van der Waals surface area contributed by atoms with Crippen molar-refractivity contribution in [2.24, 2.45) is 0 Å². The summed E-state index contributed by atoms with van der Waals surface area (Å²) < 4.78 is 34.7. The van der Waals surface area contributed by atoms with Gasteiger partial charge in [0, 0.05) is 12.8 Å². The first-order valence-electron chi connectivity index (χ1n) is 32.6. The molecule has 0 radical (unpaired) electrons. The fourth-order valence-corrected chi connectivity index (χ4v) is 9.18. The number of unbranched alkanes of at least 4 members (excludes halogenated alkanes) is 20. The summed E-state index contributed by atoms with van der Waals surface area (Å²) in [7, 11) is 1.45. The van der Waals surface area contributed by atoms with Gasteiger partial charge >= 0.3 is 19.8 Å². The van der Waals surface area contributed by atoms with Gasteiger partial charge in [-0.25, -0.2) is 4.57 Å². The number of phosphoric acid groups is 1. The van der Waals surface area contributed by atoms with Crippen LogP contribution in [0.25, 0.3) is 0 Å². The van der Waals surface area contributed by atoms with Gasteiger partial charge in [-0.3, -0.25) is 18.6 Å². The number of phosphoric ester groups is 1. The topological polar surface area (TPSA) is 108 Å². The molecule has 0 amide bonds. The van der Waals surface area contributed by atoms with Crippen molar-refractivity contribution in [1.82, 2.24) is 0 Å². The molecule has 0 heterocycles. The summed E-state index contributed by atoms with van der Waals surface area (Å²) in [6.07, 6.45) is 90.7. The van der Waals surface area contributed by atoms with Crippen molar-refractivity contribution in [3.63, 3.8) is 0 Å². The van der Waals surface area contributed by atoms with Gasteiger partial charge in [0.1, 0.15) is 19.8 Å². The molecule has 466 valence electrons. The van der Waals surface area contributed by atoms with Crippen LogP contribution in [0.4, 0.5) is 0 Å². The summed E-state index contributed by atoms with van der Waals surface area (Å²) in [5.74, 6) is -0.816. The molecule has 2 atom stereocenters. The highest BCUT2D eigenvalue weighted by molar-refractivity contribution is 7.47. The number of likely N-dealkylation sites (N-methyl/N-ethyl adjacent to an activating group) is 1. The minimum absolute atomic E-state index is 0.0222. The van der Waals surface area contributed by atoms with Crippen molar-refractivity contribution >= 4 is 19.8 Å². The highest BCUT2D eigenvalue weighted by atomic mass is 31.2. The van der Waals surface area contributed by atoms with Gasteiger partial charge in [0.15, 0.2) is 6.10 Å². The second-order valence-electron chi connectivity index (χ2n) is 22.4. The zero-order valence-electron chi connectivity index (χ0n) is 52.9. The SMILES string of the molecule is CC/C=C\C/C=C\C/C=C\C/C=C\C/C=C\C/C=C\C/C=C\C/C=C\CCCCCCCCCCC(=O)OC(COC(=O)CCCCCCCCCCCCCC/C=C\C/C=C\C/C=C\C/C=C\CC)COP(=O)(O)OCC[N+](C)(C)C. The molecule has 0 rings (SSSR count). The summed E-state index contributed by atoms with van der Waals surface area (Å²) in [5, 5.41) is 0. The minimum atomic E-state index is -4.40. The van der Waals surface area contributed by atoms with Crippen molar-refractivity contribution in [1.29, 1.82) is 0 Å². The first-order valence-corrected chi connectivity index (χ1v) is 34.1. The van der Waals surface area contributed by atoms with Crippen LogP contribution in [0, 0.1) is 0 Å². The number of carbonyl (C=O) groups is 2. The molecule has 82 heavy (non-hydrogen) atoms. The standard InChI is InChI=1S/C72H120NO8P/c1-6-8-10-12-14-16-18-20-22-24-26-28-30-32-33-34-35-36-37-38-39-41-43-45-47-49-51-53-55-57-59-61-63-65-72(75)81-70(69-80-82(76,77)79-67-66-73(3,4)5)68-78-71(74)64-62-60-58-56-54-52-50-48-46-44-42-40-31-29-27-25-23-21-19-17-15-13-11-9-7-2/h8-11,14-17,20-23,26-29,32-33,35-36,38-39,43,45,70H,6-7,12-13,18-19,24-25,30-31,34,37,40-42,44,46-69H2,1-5H3/p+1/b10-8-,11-9-,16-14-,17-15-,22-20-,23-21-,28-26-,29-27-,33-32-,36-35-,39-38-,45-43-. The summed E-state index contributed by atoms with van der Waals surface area (Å²) in [6.45, 7) is 4.19. The molecular formula is C72H121NO8P+. The van der Waals surface area contributed by atoms with E-state index in [-0.39, 0.29) is 32.0 Å². The van der Waals surface area contributed by atoms with Crippen molar-refractivity contribution in [3.8, 4) is 0 Å². The Morgan fingerprint density at radius 3 is 0.976 bits per heavy atom. The average Bonchev–Trinajstić information content (AvgIpc) is 3.46. The van der Waals surface area contributed by atoms with Crippen LogP contribution in [-0.2, 0) is 32.7 Å². The average molecular weight is 1160 g/mol. The number of esters is 2. The lowest BCUT2D eigenvalue weighted by Gasteiger charge is -2.24. The van der Waals surface area contributed by atoms with Crippen LogP contribution in [-0.4, -0.2) is 74.9 Å². The van der Waals surface area contributed by atoms with Gasteiger partial charge in [0.25, 0.3) is 0 Å². The predicted molar refractivity (Wildman–Crippen MR) is 353 cm³/mol. The third-order valence-corrected chi connectivity index (χ3v) is 14.3. The maximum Gasteiger partial charge on any atom is 0.472 e. The van der Waals surface area contributed by atoms with Crippen LogP contribution in [0.5, 0.6) is 0 Å². The van der Waals surface area contributed by atoms with E-state index in [1.807, 2.05) is 21.1 Å². The smallest absolute Gasteiger partial charge is 0.462 e. The summed E-state index contributed by atoms with van der Waals surface area (Å²) in [4.78, 5) is 35.8. The first kappa shape index (κ1) is 77.9. The van der Waals surface area contributed by atoms with Gasteiger partial charge in [-0.15, -0.1) is 0 Å². The second kappa shape index (κ2) is 61.5. The lowest BCUT2D eigenvalue weighted by molar-refractivity contribution is -0.870. The quantitative estimate of drug-likeness (QED) is 0.0211. The number of hydrogen-bond donors (Lipinski definition) is 1. The predicted octanol–water partition coefficient (Wildman–Crippen LogP) is 21.0. The van der Waals surface area contributed by atoms with Crippen molar-refractivity contribution in [2.75, 3.05) is 47.5 Å². The summed E-state index contributed by atoms with van der Waals surface area (Å²) >= 11 is 0. The zero-order valence-corrected chi connectivity index (χ0v) is 53.8. The molecule has 10 heteroatoms. The molecular weight excluding hydrogens is 1040 g/mol. The summed E-state index contributed by atoms with van der Waals surface area (Å²) in [6, 6.07) is 0. The van der Waals surface area contributed by atoms with Crippen LogP contribution in [0.3, 0.4) is 0 Å². The van der Waals surface area contributed by atoms with E-state index >= 15 is 0 Å². The highest BCUT2D eigenvalue weighted by Gasteiger charge is 2.27. The Balaban J connectivity index is 4.17. The van der Waals surface area contributed by atoms with E-state index in [1.54, 1.807) is 0 Å². The number of quaternary nitrogens is 1. The largest absolute Gasteiger partial charge is 0.472 e. The first-order chi connectivity index (χ1) is 40.0. The summed E-state index contributed by atoms with van der Waals surface area (Å²) in [5.41, 5.74) is 0. The van der Waals surface area contributed by atoms with Crippen LogP contribution in [0.2, 0.25) is 0 Å². The Morgan fingerprint density at radius 2 is 0.659 bits per heavy atom. The Morgan fingerprint density at radius 1 is 0.378 bits per heavy atom. The van der Waals surface area contributed by atoms with E-state index in [0.29, 0.717) is 17.4 Å². The van der Waals surface area contributed by atoms with Crippen molar-refractivity contribution in [2.45, 2.75) is 251 Å².